The van der Waals surface area contributed by atoms with E-state index in [4.69, 9.17) is 0 Å². The summed E-state index contributed by atoms with van der Waals surface area (Å²) < 4.78 is 0. The fraction of sp³-hybridized carbons (Fsp3) is 0.556. The second-order valence-corrected chi connectivity index (χ2v) is 6.86. The van der Waals surface area contributed by atoms with Gasteiger partial charge in [0.05, 0.1) is 7.05 Å². The zero-order chi connectivity index (χ0) is 17.4. The van der Waals surface area contributed by atoms with Crippen molar-refractivity contribution < 1.29 is 14.5 Å². The number of carbonyl (C=O) groups is 2. The van der Waals surface area contributed by atoms with Gasteiger partial charge in [-0.15, -0.1) is 0 Å². The van der Waals surface area contributed by atoms with Crippen LogP contribution in [-0.4, -0.2) is 32.1 Å². The highest BCUT2D eigenvalue weighted by Gasteiger charge is 2.13. The Bertz CT molecular complexity index is 510. The zero-order valence-electron chi connectivity index (χ0n) is 14.9. The summed E-state index contributed by atoms with van der Waals surface area (Å²) >= 11 is 0. The monoisotopic (exact) mass is 320 g/mol. The van der Waals surface area contributed by atoms with Crippen LogP contribution < -0.4 is 15.5 Å². The Hall–Kier alpha value is -1.88. The quantitative estimate of drug-likeness (QED) is 0.709. The van der Waals surface area contributed by atoms with Crippen LogP contribution in [0, 0.1) is 5.92 Å². The molecule has 0 aliphatic rings. The van der Waals surface area contributed by atoms with E-state index in [0.717, 1.165) is 11.4 Å². The average Bonchev–Trinajstić information content (AvgIpc) is 2.45. The van der Waals surface area contributed by atoms with E-state index in [0.29, 0.717) is 18.4 Å². The highest BCUT2D eigenvalue weighted by atomic mass is 16.2. The highest BCUT2D eigenvalue weighted by Crippen LogP contribution is 2.14. The Labute approximate surface area is 139 Å². The summed E-state index contributed by atoms with van der Waals surface area (Å²) in [7, 11) is 1.95. The van der Waals surface area contributed by atoms with Gasteiger partial charge in [-0.1, -0.05) is 52.0 Å². The molecule has 0 spiro atoms. The minimum Gasteiger partial charge on any atom is -0.338 e. The molecular weight excluding hydrogens is 290 g/mol. The summed E-state index contributed by atoms with van der Waals surface area (Å²) in [6.45, 7) is 9.92. The van der Waals surface area contributed by atoms with E-state index >= 15 is 0 Å². The number of amides is 3. The van der Waals surface area contributed by atoms with Gasteiger partial charge >= 0.3 is 6.03 Å². The fourth-order valence-electron chi connectivity index (χ4n) is 2.22. The van der Waals surface area contributed by atoms with Crippen molar-refractivity contribution in [2.75, 3.05) is 20.1 Å². The molecule has 1 rings (SSSR count). The maximum Gasteiger partial charge on any atom is 0.321 e. The molecule has 0 aliphatic carbocycles. The number of nitrogens with one attached hydrogen (secondary N) is 3. The maximum atomic E-state index is 11.8. The van der Waals surface area contributed by atoms with Crippen LogP contribution in [0.2, 0.25) is 0 Å². The van der Waals surface area contributed by atoms with E-state index in [2.05, 4.69) is 48.7 Å². The third-order valence-corrected chi connectivity index (χ3v) is 3.54. The van der Waals surface area contributed by atoms with E-state index in [9.17, 15) is 9.59 Å². The van der Waals surface area contributed by atoms with Gasteiger partial charge in [-0.25, -0.2) is 4.79 Å². The molecule has 1 aromatic carbocycles. The topological polar surface area (TPSA) is 62.6 Å². The summed E-state index contributed by atoms with van der Waals surface area (Å²) in [6.07, 6.45) is 0. The first kappa shape index (κ1) is 19.2. The van der Waals surface area contributed by atoms with E-state index in [1.807, 2.05) is 20.9 Å². The molecule has 5 nitrogen and oxygen atoms in total. The molecule has 0 aliphatic heterocycles. The molecule has 1 atom stereocenters. The molecule has 0 radical (unpaired) electrons. The van der Waals surface area contributed by atoms with E-state index < -0.39 is 6.03 Å². The van der Waals surface area contributed by atoms with Crippen molar-refractivity contribution >= 4 is 11.9 Å². The number of hydrogen-bond donors (Lipinski definition) is 3. The van der Waals surface area contributed by atoms with Crippen molar-refractivity contribution in [3.8, 4) is 0 Å². The Morgan fingerprint density at radius 1 is 1.09 bits per heavy atom. The van der Waals surface area contributed by atoms with E-state index in [1.54, 1.807) is 0 Å². The van der Waals surface area contributed by atoms with Crippen LogP contribution in [0.3, 0.4) is 0 Å². The minimum absolute atomic E-state index is 0.262. The number of rotatable bonds is 7. The standard InChI is InChI=1S/C18H29N3O2/c1-13(2)10-19-18(23)20-17(22)12-21(5)11-15-6-8-16(9-7-15)14(3)4/h6-9,13-14H,10-12H2,1-5H3,(H2,19,20,22,23)/p+1. The number of quaternary nitrogens is 1. The Balaban J connectivity index is 2.39. The van der Waals surface area contributed by atoms with Gasteiger partial charge in [-0.2, -0.15) is 0 Å². The number of hydrogen-bond acceptors (Lipinski definition) is 2. The number of likely N-dealkylation sites (N-methyl/N-ethyl adjacent to an activating group) is 1. The average molecular weight is 320 g/mol. The summed E-state index contributed by atoms with van der Waals surface area (Å²) in [4.78, 5) is 24.4. The van der Waals surface area contributed by atoms with Crippen LogP contribution >= 0.6 is 0 Å². The molecule has 0 heterocycles. The molecule has 0 aromatic heterocycles. The summed E-state index contributed by atoms with van der Waals surface area (Å²) in [5.74, 6) is 0.616. The third-order valence-electron chi connectivity index (χ3n) is 3.54. The van der Waals surface area contributed by atoms with Crippen molar-refractivity contribution in [3.05, 3.63) is 35.4 Å². The largest absolute Gasteiger partial charge is 0.338 e. The lowest BCUT2D eigenvalue weighted by atomic mass is 10.0. The second-order valence-electron chi connectivity index (χ2n) is 6.86. The zero-order valence-corrected chi connectivity index (χ0v) is 14.9. The number of benzene rings is 1. The van der Waals surface area contributed by atoms with E-state index in [1.165, 1.54) is 11.1 Å². The minimum atomic E-state index is -0.419. The lowest BCUT2D eigenvalue weighted by molar-refractivity contribution is -0.885. The van der Waals surface area contributed by atoms with Gasteiger partial charge < -0.3 is 10.2 Å². The maximum absolute atomic E-state index is 11.8. The normalized spacial score (nSPS) is 12.3. The SMILES string of the molecule is CC(C)CNC(=O)NC(=O)C[NH+](C)Cc1ccc(C(C)C)cc1. The van der Waals surface area contributed by atoms with Crippen molar-refractivity contribution in [2.45, 2.75) is 40.2 Å². The molecule has 3 amide bonds. The molecule has 0 saturated heterocycles. The van der Waals surface area contributed by atoms with Crippen LogP contribution in [0.1, 0.15) is 44.7 Å². The van der Waals surface area contributed by atoms with Crippen molar-refractivity contribution in [1.82, 2.24) is 10.6 Å². The first-order chi connectivity index (χ1) is 10.8. The van der Waals surface area contributed by atoms with Gasteiger partial charge in [0, 0.05) is 12.1 Å². The Morgan fingerprint density at radius 2 is 1.70 bits per heavy atom. The first-order valence-corrected chi connectivity index (χ1v) is 8.25. The van der Waals surface area contributed by atoms with Gasteiger partial charge in [0.2, 0.25) is 0 Å². The fourth-order valence-corrected chi connectivity index (χ4v) is 2.22. The van der Waals surface area contributed by atoms with Crippen LogP contribution in [0.4, 0.5) is 4.79 Å². The first-order valence-electron chi connectivity index (χ1n) is 8.25. The molecule has 3 N–H and O–H groups in total. The third kappa shape index (κ3) is 7.79. The molecule has 5 heteroatoms. The molecule has 128 valence electrons. The van der Waals surface area contributed by atoms with Crippen molar-refractivity contribution in [1.29, 1.82) is 0 Å². The molecule has 1 unspecified atom stereocenters. The van der Waals surface area contributed by atoms with Gasteiger partial charge in [0.1, 0.15) is 6.54 Å². The molecule has 23 heavy (non-hydrogen) atoms. The molecule has 0 saturated carbocycles. The highest BCUT2D eigenvalue weighted by molar-refractivity contribution is 5.94. The lowest BCUT2D eigenvalue weighted by Crippen LogP contribution is -3.09. The van der Waals surface area contributed by atoms with Gasteiger partial charge in [0.25, 0.3) is 5.91 Å². The Kier molecular flexibility index (Phi) is 7.75. The molecule has 0 fully saturated rings. The lowest BCUT2D eigenvalue weighted by Gasteiger charge is -2.15. The van der Waals surface area contributed by atoms with Crippen molar-refractivity contribution in [3.63, 3.8) is 0 Å². The second kappa shape index (κ2) is 9.30. The predicted molar refractivity (Wildman–Crippen MR) is 92.4 cm³/mol. The van der Waals surface area contributed by atoms with E-state index in [-0.39, 0.29) is 12.5 Å². The number of carbonyl (C=O) groups excluding carboxylic acids is 2. The van der Waals surface area contributed by atoms with Gasteiger partial charge in [0.15, 0.2) is 6.54 Å². The van der Waals surface area contributed by atoms with Gasteiger partial charge in [-0.05, 0) is 17.4 Å². The molecule has 0 bridgehead atoms. The van der Waals surface area contributed by atoms with Crippen LogP contribution in [0.5, 0.6) is 0 Å². The molecule has 1 aromatic rings. The van der Waals surface area contributed by atoms with Gasteiger partial charge in [-0.3, -0.25) is 10.1 Å². The van der Waals surface area contributed by atoms with Crippen LogP contribution in [-0.2, 0) is 11.3 Å². The molecular formula is C18H30N3O2+. The summed E-state index contributed by atoms with van der Waals surface area (Å²) in [6, 6.07) is 8.05. The van der Waals surface area contributed by atoms with Crippen LogP contribution in [0.25, 0.3) is 0 Å². The van der Waals surface area contributed by atoms with Crippen molar-refractivity contribution in [2.24, 2.45) is 5.92 Å². The number of urea groups is 1. The Morgan fingerprint density at radius 3 is 2.22 bits per heavy atom. The van der Waals surface area contributed by atoms with Crippen LogP contribution in [0.15, 0.2) is 24.3 Å². The number of imide groups is 1. The predicted octanol–water partition coefficient (Wildman–Crippen LogP) is 1.31. The summed E-state index contributed by atoms with van der Waals surface area (Å²) in [5.41, 5.74) is 2.50. The summed E-state index contributed by atoms with van der Waals surface area (Å²) in [5, 5.41) is 5.04. The smallest absolute Gasteiger partial charge is 0.321 e.